The first kappa shape index (κ1) is 23.4. The van der Waals surface area contributed by atoms with Gasteiger partial charge in [0.1, 0.15) is 13.2 Å². The summed E-state index contributed by atoms with van der Waals surface area (Å²) in [5.41, 5.74) is 1.95. The van der Waals surface area contributed by atoms with Gasteiger partial charge in [0.25, 0.3) is 0 Å². The average molecular weight is 439 g/mol. The molecule has 0 aromatic heterocycles. The van der Waals surface area contributed by atoms with E-state index in [0.29, 0.717) is 0 Å². The zero-order valence-corrected chi connectivity index (χ0v) is 18.0. The molecular formula is C19H25N3O7S. The summed E-state index contributed by atoms with van der Waals surface area (Å²) in [4.78, 5) is 35.9. The Morgan fingerprint density at radius 1 is 1.17 bits per heavy atom. The molecule has 2 rings (SSSR count). The van der Waals surface area contributed by atoms with Gasteiger partial charge in [-0.05, 0) is 51.0 Å². The summed E-state index contributed by atoms with van der Waals surface area (Å²) in [6.45, 7) is 5.97. The fourth-order valence-corrected chi connectivity index (χ4v) is 3.77. The summed E-state index contributed by atoms with van der Waals surface area (Å²) >= 11 is 0. The van der Waals surface area contributed by atoms with Crippen molar-refractivity contribution in [2.45, 2.75) is 38.6 Å². The number of rotatable bonds is 8. The Hall–Kier alpha value is -2.92. The topological polar surface area (TPSA) is 140 Å². The molecule has 0 bridgehead atoms. The molecule has 30 heavy (non-hydrogen) atoms. The molecule has 3 N–H and O–H groups in total. The first-order valence-corrected chi connectivity index (χ1v) is 10.7. The molecule has 1 unspecified atom stereocenters. The summed E-state index contributed by atoms with van der Waals surface area (Å²) in [6, 6.07) is 3.42. The van der Waals surface area contributed by atoms with Crippen molar-refractivity contribution in [3.63, 3.8) is 0 Å². The summed E-state index contributed by atoms with van der Waals surface area (Å²) in [5, 5.41) is 4.93. The summed E-state index contributed by atoms with van der Waals surface area (Å²) in [7, 11) is -3.90. The molecule has 0 aliphatic carbocycles. The van der Waals surface area contributed by atoms with Crippen molar-refractivity contribution in [1.29, 1.82) is 0 Å². The molecule has 0 saturated carbocycles. The maximum Gasteiger partial charge on any atom is 0.338 e. The van der Waals surface area contributed by atoms with Crippen LogP contribution in [0.25, 0.3) is 0 Å². The lowest BCUT2D eigenvalue weighted by atomic mass is 10.0. The Kier molecular flexibility index (Phi) is 7.57. The minimum atomic E-state index is -3.90. The number of benzene rings is 1. The fraction of sp³-hybridized carbons (Fsp3) is 0.421. The summed E-state index contributed by atoms with van der Waals surface area (Å²) in [5.74, 6) is -1.53. The van der Waals surface area contributed by atoms with Gasteiger partial charge in [0, 0.05) is 0 Å². The third-order valence-corrected chi connectivity index (χ3v) is 5.84. The Morgan fingerprint density at radius 2 is 1.87 bits per heavy atom. The Bertz CT molecular complexity index is 986. The molecule has 1 atom stereocenters. The average Bonchev–Trinajstić information content (AvgIpc) is 2.66. The highest BCUT2D eigenvalue weighted by atomic mass is 32.2. The second kappa shape index (κ2) is 9.72. The third-order valence-electron chi connectivity index (χ3n) is 4.44. The van der Waals surface area contributed by atoms with Crippen LogP contribution in [0.5, 0.6) is 0 Å². The number of aryl methyl sites for hydroxylation is 2. The first-order valence-electron chi connectivity index (χ1n) is 9.25. The van der Waals surface area contributed by atoms with Crippen molar-refractivity contribution in [3.8, 4) is 0 Å². The lowest BCUT2D eigenvalue weighted by molar-refractivity contribution is -0.142. The fourth-order valence-electron chi connectivity index (χ4n) is 2.72. The predicted molar refractivity (Wildman–Crippen MR) is 107 cm³/mol. The number of ether oxygens (including phenoxy) is 2. The number of carbonyl (C=O) groups excluding carboxylic acids is 3. The second-order valence-corrected chi connectivity index (χ2v) is 8.43. The van der Waals surface area contributed by atoms with Crippen molar-refractivity contribution >= 4 is 28.0 Å². The van der Waals surface area contributed by atoms with Gasteiger partial charge in [0.2, 0.25) is 10.0 Å². The van der Waals surface area contributed by atoms with Gasteiger partial charge in [0.05, 0.1) is 28.8 Å². The van der Waals surface area contributed by atoms with E-state index in [0.717, 1.165) is 11.1 Å². The van der Waals surface area contributed by atoms with Gasteiger partial charge in [-0.25, -0.2) is 18.0 Å². The molecule has 0 spiro atoms. The minimum absolute atomic E-state index is 0.0325. The summed E-state index contributed by atoms with van der Waals surface area (Å²) < 4.78 is 36.9. The highest BCUT2D eigenvalue weighted by Gasteiger charge is 2.30. The number of hydrogen-bond acceptors (Lipinski definition) is 7. The van der Waals surface area contributed by atoms with Crippen molar-refractivity contribution < 1.29 is 32.3 Å². The third kappa shape index (κ3) is 5.80. The van der Waals surface area contributed by atoms with E-state index in [1.807, 2.05) is 6.92 Å². The van der Waals surface area contributed by atoms with Crippen LogP contribution in [0.4, 0.5) is 4.79 Å². The van der Waals surface area contributed by atoms with E-state index in [1.165, 1.54) is 12.1 Å². The van der Waals surface area contributed by atoms with Gasteiger partial charge >= 0.3 is 18.0 Å². The molecule has 1 aliphatic rings. The molecule has 11 heteroatoms. The van der Waals surface area contributed by atoms with Crippen LogP contribution in [-0.4, -0.2) is 52.2 Å². The first-order chi connectivity index (χ1) is 14.0. The van der Waals surface area contributed by atoms with Crippen molar-refractivity contribution in [2.24, 2.45) is 0 Å². The number of carbonyl (C=O) groups is 3. The van der Waals surface area contributed by atoms with Gasteiger partial charge < -0.3 is 20.1 Å². The van der Waals surface area contributed by atoms with Crippen LogP contribution in [0, 0.1) is 13.8 Å². The molecule has 164 valence electrons. The van der Waals surface area contributed by atoms with Gasteiger partial charge in [-0.15, -0.1) is 0 Å². The quantitative estimate of drug-likeness (QED) is 0.505. The lowest BCUT2D eigenvalue weighted by Crippen LogP contribution is -2.50. The highest BCUT2D eigenvalue weighted by Crippen LogP contribution is 2.16. The second-order valence-electron chi connectivity index (χ2n) is 6.66. The Morgan fingerprint density at radius 3 is 2.50 bits per heavy atom. The van der Waals surface area contributed by atoms with Crippen molar-refractivity contribution in [2.75, 3.05) is 19.8 Å². The zero-order valence-electron chi connectivity index (χ0n) is 17.2. The Labute approximate surface area is 175 Å². The number of amides is 2. The van der Waals surface area contributed by atoms with E-state index in [9.17, 15) is 22.8 Å². The zero-order chi connectivity index (χ0) is 22.5. The lowest BCUT2D eigenvalue weighted by Gasteiger charge is -2.26. The predicted octanol–water partition coefficient (Wildman–Crippen LogP) is 0.643. The highest BCUT2D eigenvalue weighted by molar-refractivity contribution is 7.89. The van der Waals surface area contributed by atoms with Gasteiger partial charge in [-0.3, -0.25) is 4.79 Å². The number of nitrogens with one attached hydrogen (secondary N) is 3. The van der Waals surface area contributed by atoms with Crippen molar-refractivity contribution in [3.05, 3.63) is 40.6 Å². The van der Waals surface area contributed by atoms with Crippen molar-refractivity contribution in [1.82, 2.24) is 15.4 Å². The van der Waals surface area contributed by atoms with E-state index >= 15 is 0 Å². The molecular weight excluding hydrogens is 414 g/mol. The maximum absolute atomic E-state index is 12.4. The van der Waals surface area contributed by atoms with E-state index in [4.69, 9.17) is 9.47 Å². The van der Waals surface area contributed by atoms with Crippen LogP contribution in [0.2, 0.25) is 0 Å². The van der Waals surface area contributed by atoms with Crippen LogP contribution < -0.4 is 15.4 Å². The number of sulfonamides is 1. The van der Waals surface area contributed by atoms with E-state index < -0.39 is 47.2 Å². The normalized spacial score (nSPS) is 16.5. The molecule has 0 radical (unpaired) electrons. The molecule has 2 amide bonds. The van der Waals surface area contributed by atoms with Crippen LogP contribution >= 0.6 is 0 Å². The van der Waals surface area contributed by atoms with E-state index in [2.05, 4.69) is 15.4 Å². The SMILES string of the molecule is CCOC(=O)C1=C(COC(=O)CNS(=O)(=O)c2ccc(C)c(C)c2)NC(=O)NC1C. The van der Waals surface area contributed by atoms with Crippen LogP contribution in [0.3, 0.4) is 0 Å². The van der Waals surface area contributed by atoms with E-state index in [1.54, 1.807) is 26.8 Å². The Balaban J connectivity index is 2.03. The van der Waals surface area contributed by atoms with Crippen LogP contribution in [0.1, 0.15) is 25.0 Å². The molecule has 1 aromatic carbocycles. The number of urea groups is 1. The molecule has 0 fully saturated rings. The van der Waals surface area contributed by atoms with Gasteiger partial charge in [0.15, 0.2) is 0 Å². The smallest absolute Gasteiger partial charge is 0.338 e. The van der Waals surface area contributed by atoms with E-state index in [-0.39, 0.29) is 22.8 Å². The monoisotopic (exact) mass is 439 g/mol. The standard InChI is InChI=1S/C19H25N3O7S/c1-5-28-18(24)17-13(4)21-19(25)22-15(17)10-29-16(23)9-20-30(26,27)14-7-6-11(2)12(3)8-14/h6-8,13,20H,5,9-10H2,1-4H3,(H2,21,22,25). The molecule has 1 heterocycles. The van der Waals surface area contributed by atoms with Gasteiger partial charge in [-0.1, -0.05) is 6.07 Å². The minimum Gasteiger partial charge on any atom is -0.463 e. The number of esters is 2. The molecule has 1 aliphatic heterocycles. The molecule has 1 aromatic rings. The maximum atomic E-state index is 12.4. The molecule has 10 nitrogen and oxygen atoms in total. The van der Waals surface area contributed by atoms with Crippen LogP contribution in [0.15, 0.2) is 34.4 Å². The summed E-state index contributed by atoms with van der Waals surface area (Å²) in [6.07, 6.45) is 0. The molecule has 0 saturated heterocycles. The largest absolute Gasteiger partial charge is 0.463 e. The van der Waals surface area contributed by atoms with Crippen LogP contribution in [-0.2, 0) is 29.1 Å². The van der Waals surface area contributed by atoms with Gasteiger partial charge in [-0.2, -0.15) is 4.72 Å². The number of hydrogen-bond donors (Lipinski definition) is 3.